The van der Waals surface area contributed by atoms with E-state index in [0.717, 1.165) is 45.2 Å². The number of amides is 3. The summed E-state index contributed by atoms with van der Waals surface area (Å²) in [4.78, 5) is 35.1. The van der Waals surface area contributed by atoms with Crippen molar-refractivity contribution >= 4 is 18.2 Å². The Labute approximate surface area is 211 Å². The lowest BCUT2D eigenvalue weighted by atomic mass is 9.88. The molecular weight excluding hydrogens is 442 g/mol. The van der Waals surface area contributed by atoms with Gasteiger partial charge in [0.05, 0.1) is 18.6 Å². The second kappa shape index (κ2) is 17.9. The van der Waals surface area contributed by atoms with Crippen molar-refractivity contribution in [1.82, 2.24) is 27.0 Å². The Morgan fingerprint density at radius 3 is 2.17 bits per heavy atom. The lowest BCUT2D eigenvalue weighted by molar-refractivity contribution is -0.132. The summed E-state index contributed by atoms with van der Waals surface area (Å²) in [6.07, 6.45) is 15.3. The van der Waals surface area contributed by atoms with E-state index in [2.05, 4.69) is 34.1 Å². The van der Waals surface area contributed by atoms with Gasteiger partial charge in [-0.3, -0.25) is 14.4 Å². The van der Waals surface area contributed by atoms with Gasteiger partial charge in [-0.05, 0) is 57.2 Å². The number of nitrogens with one attached hydrogen (secondary N) is 3. The number of carbonyl (C=O) groups excluding carboxylic acids is 3. The number of likely N-dealkylation sites (tertiary alicyclic amines) is 1. The zero-order chi connectivity index (χ0) is 24.6. The molecular formula is C27H47N5O3. The molecule has 2 atom stereocenters. The van der Waals surface area contributed by atoms with Gasteiger partial charge in [-0.1, -0.05) is 62.8 Å². The van der Waals surface area contributed by atoms with Crippen LogP contribution in [0.3, 0.4) is 0 Å². The predicted octanol–water partition coefficient (Wildman–Crippen LogP) is 3.65. The van der Waals surface area contributed by atoms with Gasteiger partial charge in [-0.15, -0.1) is 0 Å². The van der Waals surface area contributed by atoms with Crippen LogP contribution in [0.15, 0.2) is 24.3 Å². The third-order valence-corrected chi connectivity index (χ3v) is 6.84. The van der Waals surface area contributed by atoms with Gasteiger partial charge in [0.1, 0.15) is 0 Å². The van der Waals surface area contributed by atoms with Crippen molar-refractivity contribution in [2.45, 2.75) is 89.6 Å². The molecule has 1 aromatic carbocycles. The highest BCUT2D eigenvalue weighted by molar-refractivity contribution is 5.87. The Kier molecular flexibility index (Phi) is 15.6. The molecule has 0 aromatic heterocycles. The van der Waals surface area contributed by atoms with Crippen molar-refractivity contribution in [1.29, 1.82) is 0 Å². The Bertz CT molecular complexity index is 737. The van der Waals surface area contributed by atoms with Gasteiger partial charge >= 0.3 is 0 Å². The van der Waals surface area contributed by atoms with E-state index in [-0.39, 0.29) is 36.6 Å². The molecule has 1 saturated carbocycles. The van der Waals surface area contributed by atoms with Crippen molar-refractivity contribution in [3.63, 3.8) is 0 Å². The molecule has 1 saturated heterocycles. The minimum Gasteiger partial charge on any atom is -0.352 e. The van der Waals surface area contributed by atoms with E-state index in [0.29, 0.717) is 0 Å². The minimum atomic E-state index is -0.253. The number of fused-ring (bicyclic) bond motifs is 1. The van der Waals surface area contributed by atoms with Crippen molar-refractivity contribution in [2.75, 3.05) is 26.7 Å². The van der Waals surface area contributed by atoms with Gasteiger partial charge in [0.25, 0.3) is 0 Å². The Balaban J connectivity index is 0.000000279. The first-order chi connectivity index (χ1) is 16.6. The summed E-state index contributed by atoms with van der Waals surface area (Å²) in [6.45, 7) is 3.53. The summed E-state index contributed by atoms with van der Waals surface area (Å²) < 4.78 is 0. The van der Waals surface area contributed by atoms with E-state index in [1.54, 1.807) is 18.9 Å². The summed E-state index contributed by atoms with van der Waals surface area (Å²) in [6, 6.07) is 8.33. The number of likely N-dealkylation sites (N-methyl/N-ethyl adjacent to an activating group) is 1. The van der Waals surface area contributed by atoms with E-state index in [1.165, 1.54) is 56.1 Å². The lowest BCUT2D eigenvalue weighted by Gasteiger charge is -2.24. The van der Waals surface area contributed by atoms with E-state index in [1.807, 2.05) is 6.07 Å². The fraction of sp³-hybridized carbons (Fsp3) is 0.667. The topological polar surface area (TPSA) is 126 Å². The SMILES string of the molecule is C1CCCCC1.CNC(C)C(=O)NCC(=O)N1CCCC1.N.O=CNC1CCCc2ccccc21. The average molecular weight is 490 g/mol. The van der Waals surface area contributed by atoms with E-state index >= 15 is 0 Å². The first-order valence-corrected chi connectivity index (χ1v) is 13.1. The van der Waals surface area contributed by atoms with Gasteiger partial charge in [0, 0.05) is 13.1 Å². The highest BCUT2D eigenvalue weighted by Gasteiger charge is 2.19. The molecule has 0 spiro atoms. The molecule has 8 heteroatoms. The molecule has 0 bridgehead atoms. The summed E-state index contributed by atoms with van der Waals surface area (Å²) in [7, 11) is 1.71. The monoisotopic (exact) mass is 489 g/mol. The molecule has 2 fully saturated rings. The molecule has 198 valence electrons. The first kappa shape index (κ1) is 30.6. The summed E-state index contributed by atoms with van der Waals surface area (Å²) in [5.74, 6) is -0.116. The number of aryl methyl sites for hydroxylation is 1. The fourth-order valence-corrected chi connectivity index (χ4v) is 4.60. The molecule has 35 heavy (non-hydrogen) atoms. The van der Waals surface area contributed by atoms with Gasteiger partial charge in [0.2, 0.25) is 18.2 Å². The third-order valence-electron chi connectivity index (χ3n) is 6.84. The Morgan fingerprint density at radius 1 is 1.00 bits per heavy atom. The number of carbonyl (C=O) groups is 3. The Morgan fingerprint density at radius 2 is 1.60 bits per heavy atom. The maximum Gasteiger partial charge on any atom is 0.241 e. The largest absolute Gasteiger partial charge is 0.352 e. The molecule has 1 heterocycles. The molecule has 0 radical (unpaired) electrons. The molecule has 2 unspecified atom stereocenters. The van der Waals surface area contributed by atoms with Gasteiger partial charge in [0.15, 0.2) is 0 Å². The quantitative estimate of drug-likeness (QED) is 0.454. The van der Waals surface area contributed by atoms with Crippen LogP contribution in [-0.2, 0) is 20.8 Å². The van der Waals surface area contributed by atoms with Crippen LogP contribution >= 0.6 is 0 Å². The standard InChI is InChI=1S/C11H13NO.C10H19N3O2.C6H12.H3N/c13-8-12-11-7-3-5-9-4-1-2-6-10(9)11;1-8(11-2)10(15)12-7-9(14)13-5-3-4-6-13;1-2-4-6-5-3-1;/h1-2,4,6,8,11H,3,5,7H2,(H,12,13);8,11H,3-7H2,1-2H3,(H,12,15);1-6H2;1H3. The molecule has 1 aromatic rings. The molecule has 2 aliphatic carbocycles. The normalized spacial score (nSPS) is 19.3. The number of hydrogen-bond donors (Lipinski definition) is 4. The molecule has 3 aliphatic rings. The van der Waals surface area contributed by atoms with E-state index < -0.39 is 0 Å². The number of rotatable bonds is 6. The fourth-order valence-electron chi connectivity index (χ4n) is 4.60. The van der Waals surface area contributed by atoms with Crippen molar-refractivity contribution < 1.29 is 14.4 Å². The minimum absolute atomic E-state index is 0. The maximum atomic E-state index is 11.6. The van der Waals surface area contributed by atoms with Gasteiger partial charge < -0.3 is 27.0 Å². The maximum absolute atomic E-state index is 11.6. The molecule has 8 nitrogen and oxygen atoms in total. The van der Waals surface area contributed by atoms with Crippen molar-refractivity contribution in [3.05, 3.63) is 35.4 Å². The van der Waals surface area contributed by atoms with Gasteiger partial charge in [-0.2, -0.15) is 0 Å². The third kappa shape index (κ3) is 11.2. The van der Waals surface area contributed by atoms with E-state index in [9.17, 15) is 14.4 Å². The van der Waals surface area contributed by atoms with Crippen LogP contribution in [0.5, 0.6) is 0 Å². The summed E-state index contributed by atoms with van der Waals surface area (Å²) in [5, 5.41) is 8.30. The molecule has 4 rings (SSSR count). The predicted molar refractivity (Wildman–Crippen MR) is 141 cm³/mol. The van der Waals surface area contributed by atoms with Crippen LogP contribution in [-0.4, -0.2) is 55.8 Å². The summed E-state index contributed by atoms with van der Waals surface area (Å²) in [5.41, 5.74) is 2.67. The Hall–Kier alpha value is -2.45. The molecule has 6 N–H and O–H groups in total. The van der Waals surface area contributed by atoms with Crippen LogP contribution in [0, 0.1) is 0 Å². The van der Waals surface area contributed by atoms with Gasteiger partial charge in [-0.25, -0.2) is 0 Å². The van der Waals surface area contributed by atoms with Crippen LogP contribution in [0.4, 0.5) is 0 Å². The highest BCUT2D eigenvalue weighted by Crippen LogP contribution is 2.28. The highest BCUT2D eigenvalue weighted by atomic mass is 16.2. The number of benzene rings is 1. The van der Waals surface area contributed by atoms with E-state index in [4.69, 9.17) is 0 Å². The zero-order valence-corrected chi connectivity index (χ0v) is 21.8. The van der Waals surface area contributed by atoms with Crippen LogP contribution < -0.4 is 22.1 Å². The first-order valence-electron chi connectivity index (χ1n) is 13.1. The van der Waals surface area contributed by atoms with Crippen molar-refractivity contribution in [3.8, 4) is 0 Å². The second-order valence-corrected chi connectivity index (χ2v) is 9.37. The molecule has 1 aliphatic heterocycles. The average Bonchev–Trinajstić information content (AvgIpc) is 3.44. The zero-order valence-electron chi connectivity index (χ0n) is 21.8. The van der Waals surface area contributed by atoms with Crippen LogP contribution in [0.25, 0.3) is 0 Å². The second-order valence-electron chi connectivity index (χ2n) is 9.37. The van der Waals surface area contributed by atoms with Crippen LogP contribution in [0.2, 0.25) is 0 Å². The number of nitrogens with zero attached hydrogens (tertiary/aromatic N) is 1. The van der Waals surface area contributed by atoms with Crippen molar-refractivity contribution in [2.24, 2.45) is 0 Å². The summed E-state index contributed by atoms with van der Waals surface area (Å²) >= 11 is 0. The molecule has 3 amide bonds. The smallest absolute Gasteiger partial charge is 0.241 e. The van der Waals surface area contributed by atoms with Crippen LogP contribution in [0.1, 0.15) is 88.3 Å². The lowest BCUT2D eigenvalue weighted by Crippen LogP contribution is -2.45. The number of hydrogen-bond acceptors (Lipinski definition) is 5.